The Hall–Kier alpha value is -0.100. The van der Waals surface area contributed by atoms with Crippen LogP contribution >= 0.6 is 6.60 Å². The average Bonchev–Trinajstić information content (AvgIpc) is 2.48. The fraction of sp³-hybridized carbons (Fsp3) is 0.941. The molecule has 0 unspecified atom stereocenters. The van der Waals surface area contributed by atoms with Gasteiger partial charge in [0.2, 0.25) is 0 Å². The predicted octanol–water partition coefficient (Wildman–Crippen LogP) is 6.12. The Kier molecular flexibility index (Phi) is 9.72. The average molecular weight is 304 g/mol. The monoisotopic (exact) mass is 304 g/mol. The van der Waals surface area contributed by atoms with Crippen LogP contribution in [-0.4, -0.2) is 37.5 Å². The van der Waals surface area contributed by atoms with Gasteiger partial charge in [-0.25, -0.2) is 0 Å². The third kappa shape index (κ3) is 4.72. The van der Waals surface area contributed by atoms with E-state index < -0.39 is 6.60 Å². The van der Waals surface area contributed by atoms with Crippen molar-refractivity contribution in [2.75, 3.05) is 31.8 Å². The Balaban J connectivity index is 5.57. The van der Waals surface area contributed by atoms with Gasteiger partial charge in [0, 0.05) is 0 Å². The molecule has 0 aromatic rings. The number of unbranched alkanes of at least 4 members (excludes halogenated alkanes) is 3. The third-order valence-electron chi connectivity index (χ3n) is 4.79. The molecule has 0 saturated heterocycles. The zero-order valence-corrected chi connectivity index (χ0v) is 15.4. The second kappa shape index (κ2) is 9.77. The van der Waals surface area contributed by atoms with E-state index in [-0.39, 0.29) is 5.71 Å². The number of methoxy groups -OCH3 is 1. The summed E-state index contributed by atoms with van der Waals surface area (Å²) < 4.78 is 5.38. The normalized spacial score (nSPS) is 13.8. The standard InChI is InChI=1S/C17H37O2P/c1-6-10-14-20(13-9-4,15-11-7-2,16-12-8-3)17(18)19-5/h6-16H2,1-5H3. The first-order valence-corrected chi connectivity index (χ1v) is 11.6. The van der Waals surface area contributed by atoms with Gasteiger partial charge in [0.15, 0.2) is 0 Å². The second-order valence-corrected chi connectivity index (χ2v) is 12.5. The summed E-state index contributed by atoms with van der Waals surface area (Å²) >= 11 is 0. The number of hydrogen-bond acceptors (Lipinski definition) is 2. The van der Waals surface area contributed by atoms with E-state index in [2.05, 4.69) is 27.7 Å². The molecular formula is C17H37O2P. The van der Waals surface area contributed by atoms with Gasteiger partial charge < -0.3 is 0 Å². The molecule has 0 atom stereocenters. The van der Waals surface area contributed by atoms with E-state index in [0.717, 1.165) is 31.1 Å². The van der Waals surface area contributed by atoms with Crippen LogP contribution in [0.25, 0.3) is 0 Å². The molecule has 20 heavy (non-hydrogen) atoms. The van der Waals surface area contributed by atoms with Gasteiger partial charge in [-0.1, -0.05) is 0 Å². The van der Waals surface area contributed by atoms with Crippen LogP contribution in [0.3, 0.4) is 0 Å². The summed E-state index contributed by atoms with van der Waals surface area (Å²) in [6.07, 6.45) is 12.7. The first-order valence-electron chi connectivity index (χ1n) is 8.63. The Morgan fingerprint density at radius 2 is 1.15 bits per heavy atom. The Morgan fingerprint density at radius 1 is 0.750 bits per heavy atom. The van der Waals surface area contributed by atoms with Gasteiger partial charge in [-0.2, -0.15) is 0 Å². The second-order valence-electron chi connectivity index (χ2n) is 6.40. The molecule has 0 fully saturated rings. The molecule has 122 valence electrons. The first kappa shape index (κ1) is 19.9. The maximum atomic E-state index is 12.9. The van der Waals surface area contributed by atoms with Gasteiger partial charge in [-0.3, -0.25) is 0 Å². The molecule has 0 heterocycles. The number of carbonyl (C=O) groups is 1. The van der Waals surface area contributed by atoms with Crippen molar-refractivity contribution in [2.45, 2.75) is 72.6 Å². The predicted molar refractivity (Wildman–Crippen MR) is 93.8 cm³/mol. The molecule has 0 saturated carbocycles. The molecule has 0 aromatic carbocycles. The summed E-state index contributed by atoms with van der Waals surface area (Å²) in [5, 5.41) is 0. The minimum atomic E-state index is -2.36. The van der Waals surface area contributed by atoms with Crippen LogP contribution in [0.1, 0.15) is 72.6 Å². The topological polar surface area (TPSA) is 26.3 Å². The van der Waals surface area contributed by atoms with Crippen molar-refractivity contribution in [3.05, 3.63) is 0 Å². The Bertz CT molecular complexity index is 252. The fourth-order valence-electron chi connectivity index (χ4n) is 3.60. The summed E-state index contributed by atoms with van der Waals surface area (Å²) in [5.41, 5.74) is 0.188. The third-order valence-corrected chi connectivity index (χ3v) is 12.1. The first-order chi connectivity index (χ1) is 9.54. The summed E-state index contributed by atoms with van der Waals surface area (Å²) in [6.45, 7) is 6.56. The van der Waals surface area contributed by atoms with Crippen molar-refractivity contribution in [1.29, 1.82) is 0 Å². The quantitative estimate of drug-likeness (QED) is 0.406. The van der Waals surface area contributed by atoms with Gasteiger partial charge in [0.1, 0.15) is 0 Å². The Labute approximate surface area is 127 Å². The van der Waals surface area contributed by atoms with Crippen LogP contribution < -0.4 is 0 Å². The van der Waals surface area contributed by atoms with E-state index >= 15 is 0 Å². The molecule has 0 amide bonds. The molecule has 0 spiro atoms. The summed E-state index contributed by atoms with van der Waals surface area (Å²) in [5.74, 6) is 0. The SMILES string of the molecule is CCCCP(CCC)(CCCC)(CCCC)C(=O)OC. The fourth-order valence-corrected chi connectivity index (χ4v) is 10.8. The summed E-state index contributed by atoms with van der Waals surface area (Å²) in [4.78, 5) is 12.9. The van der Waals surface area contributed by atoms with Gasteiger partial charge >= 0.3 is 126 Å². The van der Waals surface area contributed by atoms with Crippen LogP contribution in [0, 0.1) is 0 Å². The molecular weight excluding hydrogens is 267 g/mol. The van der Waals surface area contributed by atoms with Crippen LogP contribution in [0.15, 0.2) is 0 Å². The van der Waals surface area contributed by atoms with Crippen molar-refractivity contribution in [3.63, 3.8) is 0 Å². The van der Waals surface area contributed by atoms with Crippen molar-refractivity contribution in [2.24, 2.45) is 0 Å². The molecule has 0 bridgehead atoms. The maximum absolute atomic E-state index is 12.9. The van der Waals surface area contributed by atoms with Crippen LogP contribution in [-0.2, 0) is 4.74 Å². The molecule has 0 aliphatic rings. The molecule has 3 heteroatoms. The molecule has 0 aliphatic carbocycles. The van der Waals surface area contributed by atoms with Crippen LogP contribution in [0.4, 0.5) is 4.79 Å². The molecule has 2 nitrogen and oxygen atoms in total. The molecule has 0 aliphatic heterocycles. The number of rotatable bonds is 12. The Morgan fingerprint density at radius 3 is 1.40 bits per heavy atom. The zero-order valence-electron chi connectivity index (χ0n) is 14.5. The van der Waals surface area contributed by atoms with E-state index in [4.69, 9.17) is 4.74 Å². The van der Waals surface area contributed by atoms with Crippen molar-refractivity contribution >= 4 is 12.3 Å². The van der Waals surface area contributed by atoms with Crippen molar-refractivity contribution < 1.29 is 9.53 Å². The van der Waals surface area contributed by atoms with Crippen LogP contribution in [0.5, 0.6) is 0 Å². The van der Waals surface area contributed by atoms with E-state index in [1.807, 2.05) is 0 Å². The van der Waals surface area contributed by atoms with E-state index in [0.29, 0.717) is 0 Å². The van der Waals surface area contributed by atoms with Gasteiger partial charge in [0.25, 0.3) is 0 Å². The molecule has 0 rings (SSSR count). The zero-order chi connectivity index (χ0) is 15.5. The van der Waals surface area contributed by atoms with Gasteiger partial charge in [0.05, 0.1) is 0 Å². The molecule has 0 aromatic heterocycles. The van der Waals surface area contributed by atoms with Crippen LogP contribution in [0.2, 0.25) is 0 Å². The van der Waals surface area contributed by atoms with Crippen molar-refractivity contribution in [3.8, 4) is 0 Å². The van der Waals surface area contributed by atoms with E-state index in [9.17, 15) is 4.79 Å². The van der Waals surface area contributed by atoms with Gasteiger partial charge in [-0.15, -0.1) is 0 Å². The minimum absolute atomic E-state index is 0.188. The summed E-state index contributed by atoms with van der Waals surface area (Å²) in [7, 11) is 1.60. The molecule has 0 radical (unpaired) electrons. The van der Waals surface area contributed by atoms with Crippen molar-refractivity contribution in [1.82, 2.24) is 0 Å². The summed E-state index contributed by atoms with van der Waals surface area (Å²) in [6, 6.07) is 0. The molecule has 0 N–H and O–H groups in total. The number of ether oxygens (including phenoxy) is 1. The number of carbonyl (C=O) groups excluding carboxylic acids is 1. The van der Waals surface area contributed by atoms with E-state index in [1.54, 1.807) is 7.11 Å². The van der Waals surface area contributed by atoms with Gasteiger partial charge in [-0.05, 0) is 0 Å². The number of hydrogen-bond donors (Lipinski definition) is 0. The van der Waals surface area contributed by atoms with E-state index in [1.165, 1.54) is 38.5 Å².